The van der Waals surface area contributed by atoms with Gasteiger partial charge in [-0.2, -0.15) is 8.42 Å². The van der Waals surface area contributed by atoms with Crippen LogP contribution in [0.2, 0.25) is 0 Å². The van der Waals surface area contributed by atoms with Crippen LogP contribution in [0.4, 0.5) is 4.53 Å². The zero-order valence-electron chi connectivity index (χ0n) is 12.8. The number of halogens is 1. The quantitative estimate of drug-likeness (QED) is 0.402. The Bertz CT molecular complexity index is 264. The first-order chi connectivity index (χ1) is 8.12. The van der Waals surface area contributed by atoms with Crippen LogP contribution in [0.5, 0.6) is 0 Å². The minimum Gasteiger partial charge on any atom is -1.00 e. The molecule has 0 saturated carbocycles. The van der Waals surface area contributed by atoms with Crippen molar-refractivity contribution in [1.29, 1.82) is 0 Å². The van der Waals surface area contributed by atoms with Gasteiger partial charge in [0.1, 0.15) is 0 Å². The Morgan fingerprint density at radius 1 is 0.889 bits per heavy atom. The van der Waals surface area contributed by atoms with E-state index in [9.17, 15) is 12.9 Å². The Kier molecular flexibility index (Phi) is 16.7. The Morgan fingerprint density at radius 3 is 1.67 bits per heavy atom. The van der Waals surface area contributed by atoms with Gasteiger partial charge in [-0.15, -0.1) is 0 Å². The Labute approximate surface area is 135 Å². The van der Waals surface area contributed by atoms with Gasteiger partial charge in [-0.25, -0.2) is 0 Å². The molecule has 0 atom stereocenters. The molecule has 0 aromatic heterocycles. The molecule has 0 heterocycles. The maximum atomic E-state index is 11.5. The van der Waals surface area contributed by atoms with Gasteiger partial charge in [-0.1, -0.05) is 69.1 Å². The van der Waals surface area contributed by atoms with Crippen molar-refractivity contribution >= 4 is 10.1 Å². The van der Waals surface area contributed by atoms with Gasteiger partial charge in [0.25, 0.3) is 10.1 Å². The number of hydrogen-bond acceptors (Lipinski definition) is 3. The van der Waals surface area contributed by atoms with Gasteiger partial charge in [0.05, 0.1) is 5.75 Å². The van der Waals surface area contributed by atoms with Gasteiger partial charge in [0.15, 0.2) is 0 Å². The third kappa shape index (κ3) is 14.9. The van der Waals surface area contributed by atoms with Gasteiger partial charge in [-0.3, -0.25) is 0 Å². The summed E-state index contributed by atoms with van der Waals surface area (Å²) >= 11 is 0. The largest absolute Gasteiger partial charge is 1.00 e. The fraction of sp³-hybridized carbons (Fsp3) is 1.00. The first-order valence-electron chi connectivity index (χ1n) is 6.65. The second-order valence-corrected chi connectivity index (χ2v) is 6.16. The molecular formula is C12H26FNaO3S. The first-order valence-corrected chi connectivity index (χ1v) is 8.23. The number of rotatable bonds is 12. The molecule has 0 aromatic rings. The third-order valence-electron chi connectivity index (χ3n) is 2.84. The SMILES string of the molecule is CCCCCCCCCCCCS(=O)(=O)OF.[H-].[Na+]. The van der Waals surface area contributed by atoms with E-state index in [1.807, 2.05) is 0 Å². The van der Waals surface area contributed by atoms with E-state index in [4.69, 9.17) is 0 Å². The minimum absolute atomic E-state index is 0. The zero-order chi connectivity index (χ0) is 13.0. The minimum atomic E-state index is -3.89. The molecule has 0 aromatic carbocycles. The van der Waals surface area contributed by atoms with Crippen LogP contribution in [0.15, 0.2) is 0 Å². The Morgan fingerprint density at radius 2 is 1.28 bits per heavy atom. The van der Waals surface area contributed by atoms with Gasteiger partial charge < -0.3 is 1.43 Å². The molecule has 6 heteroatoms. The van der Waals surface area contributed by atoms with Crippen LogP contribution >= 0.6 is 0 Å². The maximum Gasteiger partial charge on any atom is 1.00 e. The molecule has 3 nitrogen and oxygen atoms in total. The molecule has 0 fully saturated rings. The van der Waals surface area contributed by atoms with Crippen molar-refractivity contribution in [3.8, 4) is 0 Å². The van der Waals surface area contributed by atoms with E-state index in [1.54, 1.807) is 0 Å². The smallest absolute Gasteiger partial charge is 1.00 e. The van der Waals surface area contributed by atoms with Crippen LogP contribution in [0.1, 0.15) is 72.6 Å². The van der Waals surface area contributed by atoms with Crippen LogP contribution in [0, 0.1) is 0 Å². The van der Waals surface area contributed by atoms with Crippen LogP contribution in [0.3, 0.4) is 0 Å². The van der Waals surface area contributed by atoms with E-state index in [2.05, 4.69) is 11.3 Å². The molecule has 0 spiro atoms. The predicted octanol–water partition coefficient (Wildman–Crippen LogP) is 1.25. The fourth-order valence-corrected chi connectivity index (χ4v) is 2.42. The summed E-state index contributed by atoms with van der Waals surface area (Å²) in [5.41, 5.74) is 0. The van der Waals surface area contributed by atoms with Crippen molar-refractivity contribution in [3.63, 3.8) is 0 Å². The number of unbranched alkanes of at least 4 members (excludes halogenated alkanes) is 9. The van der Waals surface area contributed by atoms with Gasteiger partial charge in [-0.05, 0) is 10.9 Å². The molecular weight excluding hydrogens is 266 g/mol. The molecule has 18 heavy (non-hydrogen) atoms. The van der Waals surface area contributed by atoms with Crippen molar-refractivity contribution in [1.82, 2.24) is 0 Å². The molecule has 0 unspecified atom stereocenters. The predicted molar refractivity (Wildman–Crippen MR) is 68.9 cm³/mol. The normalized spacial score (nSPS) is 11.2. The summed E-state index contributed by atoms with van der Waals surface area (Å²) in [7, 11) is -3.89. The monoisotopic (exact) mass is 292 g/mol. The summed E-state index contributed by atoms with van der Waals surface area (Å²) < 4.78 is 35.6. The van der Waals surface area contributed by atoms with Gasteiger partial charge in [0, 0.05) is 0 Å². The standard InChI is InChI=1S/C12H25FO3S.Na.H/c1-2-3-4-5-6-7-8-9-10-11-12-17(14,15)16-13;;/h2-12H2,1H3;;/q;+1;-1. The molecule has 0 N–H and O–H groups in total. The van der Waals surface area contributed by atoms with E-state index >= 15 is 0 Å². The van der Waals surface area contributed by atoms with E-state index in [-0.39, 0.29) is 36.7 Å². The van der Waals surface area contributed by atoms with E-state index in [1.165, 1.54) is 38.5 Å². The second kappa shape index (κ2) is 14.3. The maximum absolute atomic E-state index is 11.5. The van der Waals surface area contributed by atoms with Crippen molar-refractivity contribution < 1.29 is 48.3 Å². The summed E-state index contributed by atoms with van der Waals surface area (Å²) in [6.07, 6.45) is 11.2. The molecule has 0 saturated heterocycles. The van der Waals surface area contributed by atoms with Crippen LogP contribution < -0.4 is 29.6 Å². The first kappa shape index (κ1) is 21.1. The average Bonchev–Trinajstić information content (AvgIpc) is 2.31. The molecule has 0 aliphatic rings. The average molecular weight is 292 g/mol. The Hall–Kier alpha value is 0.840. The summed E-state index contributed by atoms with van der Waals surface area (Å²) in [4.78, 5) is 0. The fourth-order valence-electron chi connectivity index (χ4n) is 1.80. The zero-order valence-corrected chi connectivity index (χ0v) is 14.6. The Balaban J connectivity index is -0.00000128. The van der Waals surface area contributed by atoms with E-state index in [0.717, 1.165) is 19.3 Å². The molecule has 0 bridgehead atoms. The second-order valence-electron chi connectivity index (χ2n) is 4.51. The van der Waals surface area contributed by atoms with Crippen molar-refractivity contribution in [2.45, 2.75) is 71.1 Å². The third-order valence-corrected chi connectivity index (χ3v) is 3.82. The summed E-state index contributed by atoms with van der Waals surface area (Å²) in [5.74, 6) is -0.208. The van der Waals surface area contributed by atoms with Crippen molar-refractivity contribution in [2.75, 3.05) is 5.75 Å². The topological polar surface area (TPSA) is 43.4 Å². The van der Waals surface area contributed by atoms with Crippen molar-refractivity contribution in [2.24, 2.45) is 0 Å². The molecule has 0 radical (unpaired) electrons. The van der Waals surface area contributed by atoms with Gasteiger partial charge >= 0.3 is 29.6 Å². The van der Waals surface area contributed by atoms with E-state index in [0.29, 0.717) is 6.42 Å². The molecule has 0 amide bonds. The van der Waals surface area contributed by atoms with Crippen LogP contribution in [-0.4, -0.2) is 14.2 Å². The summed E-state index contributed by atoms with van der Waals surface area (Å²) in [6.45, 7) is 2.20. The van der Waals surface area contributed by atoms with Gasteiger partial charge in [0.2, 0.25) is 0 Å². The molecule has 0 aliphatic carbocycles. The van der Waals surface area contributed by atoms with E-state index < -0.39 is 10.1 Å². The molecule has 0 aliphatic heterocycles. The van der Waals surface area contributed by atoms with Crippen LogP contribution in [0.25, 0.3) is 0 Å². The molecule has 0 rings (SSSR count). The van der Waals surface area contributed by atoms with Crippen molar-refractivity contribution in [3.05, 3.63) is 0 Å². The summed E-state index contributed by atoms with van der Waals surface area (Å²) in [6, 6.07) is 0. The number of hydrogen-bond donors (Lipinski definition) is 0. The molecule has 106 valence electrons. The summed E-state index contributed by atoms with van der Waals surface area (Å²) in [5, 5.41) is 0. The van der Waals surface area contributed by atoms with Crippen LogP contribution in [-0.2, 0) is 14.5 Å².